The number of hydrogen-bond acceptors (Lipinski definition) is 4. The van der Waals surface area contributed by atoms with Gasteiger partial charge in [-0.15, -0.1) is 0 Å². The normalized spacial score (nSPS) is 15.3. The number of aliphatic hydroxyl groups excluding tert-OH is 1. The van der Waals surface area contributed by atoms with Crippen LogP contribution in [0.4, 0.5) is 0 Å². The van der Waals surface area contributed by atoms with E-state index in [1.807, 2.05) is 13.8 Å². The summed E-state index contributed by atoms with van der Waals surface area (Å²) >= 11 is 0. The Bertz CT molecular complexity index is 219. The minimum absolute atomic E-state index is 0.0718. The van der Waals surface area contributed by atoms with Crippen LogP contribution in [0.1, 0.15) is 33.6 Å². The lowest BCUT2D eigenvalue weighted by Crippen LogP contribution is -2.36. The molecule has 1 unspecified atom stereocenters. The van der Waals surface area contributed by atoms with Gasteiger partial charge < -0.3 is 21.1 Å². The lowest BCUT2D eigenvalue weighted by atomic mass is 10.0. The van der Waals surface area contributed by atoms with Gasteiger partial charge in [0.1, 0.15) is 6.04 Å². The minimum Gasteiger partial charge on any atom is -0.480 e. The van der Waals surface area contributed by atoms with Gasteiger partial charge >= 0.3 is 11.9 Å². The monoisotopic (exact) mass is 235 g/mol. The van der Waals surface area contributed by atoms with Crippen molar-refractivity contribution < 1.29 is 24.9 Å². The molecule has 0 rings (SSSR count). The average molecular weight is 235 g/mol. The van der Waals surface area contributed by atoms with Crippen molar-refractivity contribution in [1.29, 1.82) is 0 Å². The Morgan fingerprint density at radius 2 is 1.56 bits per heavy atom. The Morgan fingerprint density at radius 3 is 1.62 bits per heavy atom. The van der Waals surface area contributed by atoms with Crippen LogP contribution in [-0.2, 0) is 9.59 Å². The number of hydrogen-bond donors (Lipinski definition) is 4. The lowest BCUT2D eigenvalue weighted by Gasteiger charge is -2.11. The maximum atomic E-state index is 10.2. The second-order valence-corrected chi connectivity index (χ2v) is 3.51. The number of nitrogens with two attached hydrogens (primary N) is 1. The first-order chi connectivity index (χ1) is 7.27. The summed E-state index contributed by atoms with van der Waals surface area (Å²) in [4.78, 5) is 19.9. The average Bonchev–Trinajstić information content (AvgIpc) is 2.26. The maximum Gasteiger partial charge on any atom is 0.332 e. The molecule has 0 radical (unpaired) electrons. The highest BCUT2D eigenvalue weighted by Gasteiger charge is 2.17. The highest BCUT2D eigenvalue weighted by molar-refractivity contribution is 5.73. The Hall–Kier alpha value is -1.14. The van der Waals surface area contributed by atoms with Gasteiger partial charge in [-0.05, 0) is 12.3 Å². The van der Waals surface area contributed by atoms with Crippen LogP contribution in [0.5, 0.6) is 0 Å². The number of aliphatic hydroxyl groups is 1. The summed E-state index contributed by atoms with van der Waals surface area (Å²) in [5.41, 5.74) is 5.27. The molecule has 96 valence electrons. The van der Waals surface area contributed by atoms with Gasteiger partial charge in [0.2, 0.25) is 0 Å². The molecule has 0 saturated carbocycles. The van der Waals surface area contributed by atoms with E-state index in [1.54, 1.807) is 6.92 Å². The molecule has 0 aliphatic heterocycles. The van der Waals surface area contributed by atoms with Crippen molar-refractivity contribution >= 4 is 11.9 Å². The number of carboxylic acid groups (broad SMARTS) is 2. The highest BCUT2D eigenvalue weighted by atomic mass is 16.4. The smallest absolute Gasteiger partial charge is 0.332 e. The first kappa shape index (κ1) is 17.3. The zero-order valence-corrected chi connectivity index (χ0v) is 9.88. The van der Waals surface area contributed by atoms with E-state index >= 15 is 0 Å². The first-order valence-corrected chi connectivity index (χ1v) is 5.17. The van der Waals surface area contributed by atoms with Crippen LogP contribution < -0.4 is 5.73 Å². The summed E-state index contributed by atoms with van der Waals surface area (Å²) in [5.74, 6) is -1.99. The summed E-state index contributed by atoms with van der Waals surface area (Å²) in [6.45, 7) is 5.37. The van der Waals surface area contributed by atoms with Gasteiger partial charge in [0.15, 0.2) is 6.10 Å². The standard InChI is InChI=1S/C6H13NO2.C4H8O3/c1-3-4(2)5(7)6(8)9;1-2-3(5)4(6)7/h4-5H,3,7H2,1-2H3,(H,8,9);3,5H,2H2,1H3,(H,6,7)/t4-,5-;/m0./s1. The van der Waals surface area contributed by atoms with E-state index in [-0.39, 0.29) is 12.3 Å². The van der Waals surface area contributed by atoms with Crippen LogP contribution in [0.15, 0.2) is 0 Å². The summed E-state index contributed by atoms with van der Waals surface area (Å²) in [5, 5.41) is 24.6. The molecular formula is C10H21NO5. The molecule has 0 aromatic rings. The molecule has 0 bridgehead atoms. The van der Waals surface area contributed by atoms with Gasteiger partial charge in [-0.1, -0.05) is 27.2 Å². The van der Waals surface area contributed by atoms with Crippen LogP contribution >= 0.6 is 0 Å². The van der Waals surface area contributed by atoms with Gasteiger partial charge in [-0.2, -0.15) is 0 Å². The molecule has 5 N–H and O–H groups in total. The number of carboxylic acids is 2. The third-order valence-corrected chi connectivity index (χ3v) is 2.21. The fourth-order valence-electron chi connectivity index (χ4n) is 0.672. The maximum absolute atomic E-state index is 10.2. The minimum atomic E-state index is -1.18. The molecule has 0 fully saturated rings. The van der Waals surface area contributed by atoms with Crippen LogP contribution in [-0.4, -0.2) is 39.4 Å². The van der Waals surface area contributed by atoms with E-state index in [0.717, 1.165) is 6.42 Å². The third-order valence-electron chi connectivity index (χ3n) is 2.21. The lowest BCUT2D eigenvalue weighted by molar-refractivity contribution is -0.146. The molecule has 0 aliphatic carbocycles. The Morgan fingerprint density at radius 1 is 1.12 bits per heavy atom. The van der Waals surface area contributed by atoms with E-state index in [1.165, 1.54) is 0 Å². The largest absolute Gasteiger partial charge is 0.480 e. The molecule has 16 heavy (non-hydrogen) atoms. The van der Waals surface area contributed by atoms with Crippen molar-refractivity contribution in [2.45, 2.75) is 45.8 Å². The predicted molar refractivity (Wildman–Crippen MR) is 59.0 cm³/mol. The highest BCUT2D eigenvalue weighted by Crippen LogP contribution is 2.04. The quantitative estimate of drug-likeness (QED) is 0.543. The van der Waals surface area contributed by atoms with Crippen molar-refractivity contribution in [3.05, 3.63) is 0 Å². The fraction of sp³-hybridized carbons (Fsp3) is 0.800. The van der Waals surface area contributed by atoms with Crippen LogP contribution in [0.2, 0.25) is 0 Å². The fourth-order valence-corrected chi connectivity index (χ4v) is 0.672. The molecule has 6 nitrogen and oxygen atoms in total. The molecule has 0 amide bonds. The van der Waals surface area contributed by atoms with E-state index in [2.05, 4.69) is 0 Å². The van der Waals surface area contributed by atoms with Gasteiger partial charge in [0.25, 0.3) is 0 Å². The summed E-state index contributed by atoms with van der Waals surface area (Å²) in [6, 6.07) is -0.699. The number of rotatable bonds is 5. The topological polar surface area (TPSA) is 121 Å². The van der Waals surface area contributed by atoms with Gasteiger partial charge in [-0.25, -0.2) is 4.79 Å². The molecule has 0 aromatic carbocycles. The third kappa shape index (κ3) is 8.19. The molecule has 3 atom stereocenters. The second-order valence-electron chi connectivity index (χ2n) is 3.51. The van der Waals surface area contributed by atoms with E-state index in [0.29, 0.717) is 0 Å². The molecule has 0 saturated heterocycles. The first-order valence-electron chi connectivity index (χ1n) is 5.17. The predicted octanol–water partition coefficient (Wildman–Crippen LogP) is 0.286. The molecule has 0 heterocycles. The summed E-state index contributed by atoms with van der Waals surface area (Å²) in [6.07, 6.45) is -0.0944. The van der Waals surface area contributed by atoms with Gasteiger partial charge in [0, 0.05) is 0 Å². The van der Waals surface area contributed by atoms with Crippen molar-refractivity contribution in [2.24, 2.45) is 11.7 Å². The zero-order chi connectivity index (χ0) is 13.3. The van der Waals surface area contributed by atoms with E-state index in [9.17, 15) is 9.59 Å². The Balaban J connectivity index is 0. The van der Waals surface area contributed by atoms with Crippen molar-refractivity contribution in [3.63, 3.8) is 0 Å². The zero-order valence-electron chi connectivity index (χ0n) is 9.88. The summed E-state index contributed by atoms with van der Waals surface area (Å²) < 4.78 is 0. The van der Waals surface area contributed by atoms with Gasteiger partial charge in [-0.3, -0.25) is 4.79 Å². The van der Waals surface area contributed by atoms with Gasteiger partial charge in [0.05, 0.1) is 0 Å². The molecule has 0 aromatic heterocycles. The molecular weight excluding hydrogens is 214 g/mol. The molecule has 0 spiro atoms. The van der Waals surface area contributed by atoms with Crippen LogP contribution in [0.25, 0.3) is 0 Å². The van der Waals surface area contributed by atoms with Crippen molar-refractivity contribution in [2.75, 3.05) is 0 Å². The second kappa shape index (κ2) is 9.11. The molecule has 0 aliphatic rings. The van der Waals surface area contributed by atoms with Crippen LogP contribution in [0, 0.1) is 5.92 Å². The van der Waals surface area contributed by atoms with E-state index < -0.39 is 24.1 Å². The van der Waals surface area contributed by atoms with Crippen LogP contribution in [0.3, 0.4) is 0 Å². The van der Waals surface area contributed by atoms with Crippen molar-refractivity contribution in [1.82, 2.24) is 0 Å². The molecule has 6 heteroatoms. The Kier molecular flexibility index (Phi) is 9.83. The SMILES string of the molecule is CCC(O)C(=O)O.CC[C@H](C)[C@H](N)C(=O)O. The van der Waals surface area contributed by atoms with E-state index in [4.69, 9.17) is 21.1 Å². The van der Waals surface area contributed by atoms with Crippen molar-refractivity contribution in [3.8, 4) is 0 Å². The number of carbonyl (C=O) groups is 2. The Labute approximate surface area is 95.1 Å². The number of aliphatic carboxylic acids is 2. The summed E-state index contributed by atoms with van der Waals surface area (Å²) in [7, 11) is 0.